The highest BCUT2D eigenvalue weighted by atomic mass is 19.1. The molecule has 0 aliphatic carbocycles. The van der Waals surface area contributed by atoms with Crippen LogP contribution in [0.4, 0.5) is 25.1 Å². The number of nitrogen functional groups attached to an aromatic ring is 1. The van der Waals surface area contributed by atoms with Crippen LogP contribution in [-0.4, -0.2) is 59.2 Å². The minimum Gasteiger partial charge on any atom is -0.444 e. The summed E-state index contributed by atoms with van der Waals surface area (Å²) < 4.78 is 36.2. The van der Waals surface area contributed by atoms with Crippen LogP contribution in [-0.2, 0) is 4.74 Å². The number of imide groups is 1. The first-order valence-electron chi connectivity index (χ1n) is 10.5. The van der Waals surface area contributed by atoms with Gasteiger partial charge in [-0.3, -0.25) is 24.3 Å². The number of carbonyl (C=O) groups excluding carboxylic acids is 3. The molecule has 4 rings (SSSR count). The second-order valence-corrected chi connectivity index (χ2v) is 8.99. The molecule has 3 N–H and O–H groups in total. The second-order valence-electron chi connectivity index (χ2n) is 8.99. The number of nitrogens with two attached hydrogens (primary N) is 1. The Morgan fingerprint density at radius 3 is 2.15 bits per heavy atom. The van der Waals surface area contributed by atoms with Gasteiger partial charge in [0, 0.05) is 44.4 Å². The summed E-state index contributed by atoms with van der Waals surface area (Å²) in [4.78, 5) is 51.5. The Kier molecular flexibility index (Phi) is 5.54. The average molecular weight is 475 g/mol. The maximum absolute atomic E-state index is 15.1. The third-order valence-electron chi connectivity index (χ3n) is 5.46. The summed E-state index contributed by atoms with van der Waals surface area (Å²) in [5, 5.41) is 2.03. The van der Waals surface area contributed by atoms with Crippen LogP contribution < -0.4 is 21.5 Å². The van der Waals surface area contributed by atoms with Crippen LogP contribution in [0.3, 0.4) is 0 Å². The fraction of sp³-hybridized carbons (Fsp3) is 0.364. The van der Waals surface area contributed by atoms with E-state index in [-0.39, 0.29) is 48.7 Å². The van der Waals surface area contributed by atoms with Crippen molar-refractivity contribution in [3.8, 4) is 5.69 Å². The third kappa shape index (κ3) is 4.06. The van der Waals surface area contributed by atoms with Gasteiger partial charge in [-0.15, -0.1) is 0 Å². The number of nitrogens with one attached hydrogen (secondary N) is 1. The molecule has 180 valence electrons. The Morgan fingerprint density at radius 2 is 1.59 bits per heavy atom. The van der Waals surface area contributed by atoms with Crippen molar-refractivity contribution >= 4 is 29.4 Å². The van der Waals surface area contributed by atoms with Gasteiger partial charge in [0.15, 0.2) is 11.6 Å². The molecule has 0 bridgehead atoms. The van der Waals surface area contributed by atoms with Crippen LogP contribution in [0, 0.1) is 11.6 Å². The zero-order chi connectivity index (χ0) is 24.9. The van der Waals surface area contributed by atoms with Crippen LogP contribution in [0.15, 0.2) is 23.0 Å². The van der Waals surface area contributed by atoms with Crippen LogP contribution in [0.1, 0.15) is 41.5 Å². The van der Waals surface area contributed by atoms with Crippen molar-refractivity contribution in [2.45, 2.75) is 26.4 Å². The number of ether oxygens (including phenoxy) is 1. The van der Waals surface area contributed by atoms with Crippen molar-refractivity contribution in [3.63, 3.8) is 0 Å². The number of nitrogens with zero attached hydrogens (tertiary/aromatic N) is 3. The smallest absolute Gasteiger partial charge is 0.410 e. The van der Waals surface area contributed by atoms with E-state index in [2.05, 4.69) is 0 Å². The van der Waals surface area contributed by atoms with E-state index in [1.54, 1.807) is 20.8 Å². The maximum Gasteiger partial charge on any atom is 0.410 e. The number of rotatable bonds is 2. The van der Waals surface area contributed by atoms with E-state index in [0.29, 0.717) is 0 Å². The molecule has 2 aliphatic heterocycles. The van der Waals surface area contributed by atoms with E-state index < -0.39 is 46.5 Å². The molecular weight excluding hydrogens is 452 g/mol. The lowest BCUT2D eigenvalue weighted by Crippen LogP contribution is -2.50. The molecule has 10 nitrogen and oxygen atoms in total. The Balaban J connectivity index is 1.61. The van der Waals surface area contributed by atoms with Crippen LogP contribution in [0.2, 0.25) is 0 Å². The largest absolute Gasteiger partial charge is 0.444 e. The van der Waals surface area contributed by atoms with Gasteiger partial charge in [-0.1, -0.05) is 0 Å². The normalized spacial score (nSPS) is 15.9. The fourth-order valence-corrected chi connectivity index (χ4v) is 3.97. The van der Waals surface area contributed by atoms with Gasteiger partial charge in [0.2, 0.25) is 0 Å². The lowest BCUT2D eigenvalue weighted by molar-refractivity contribution is 0.0240. The summed E-state index contributed by atoms with van der Waals surface area (Å²) in [6.07, 6.45) is -0.502. The van der Waals surface area contributed by atoms with Crippen molar-refractivity contribution in [3.05, 3.63) is 51.3 Å². The molecular formula is C22H23F2N5O5. The number of piperazine rings is 1. The highest BCUT2D eigenvalue weighted by Gasteiger charge is 2.33. The standard InChI is InChI=1S/C22H23F2N5O5/c1-22(2,3)34-21(33)28-6-4-27(5-7-28)17-13(23)8-11(9-14(17)24)29-15(30)10-12-16(18(29)25)20(32)26-19(12)31/h8-10H,4-7,25H2,1-3H3,(H,26,31,32). The zero-order valence-corrected chi connectivity index (χ0v) is 18.8. The summed E-state index contributed by atoms with van der Waals surface area (Å²) in [6.45, 7) is 5.97. The highest BCUT2D eigenvalue weighted by Crippen LogP contribution is 2.29. The molecule has 1 aromatic carbocycles. The minimum atomic E-state index is -0.951. The number of carbonyl (C=O) groups is 3. The predicted octanol–water partition coefficient (Wildman–Crippen LogP) is 1.64. The van der Waals surface area contributed by atoms with Gasteiger partial charge >= 0.3 is 6.09 Å². The quantitative estimate of drug-likeness (QED) is 0.632. The number of hydrogen-bond donors (Lipinski definition) is 2. The summed E-state index contributed by atoms with van der Waals surface area (Å²) in [5.41, 5.74) is 3.49. The van der Waals surface area contributed by atoms with Gasteiger partial charge in [-0.25, -0.2) is 13.6 Å². The number of fused-ring (bicyclic) bond motifs is 1. The fourth-order valence-electron chi connectivity index (χ4n) is 3.97. The monoisotopic (exact) mass is 475 g/mol. The van der Waals surface area contributed by atoms with E-state index in [9.17, 15) is 19.2 Å². The average Bonchev–Trinajstić information content (AvgIpc) is 3.00. The summed E-state index contributed by atoms with van der Waals surface area (Å²) in [6, 6.07) is 2.75. The van der Waals surface area contributed by atoms with Crippen molar-refractivity contribution in [2.24, 2.45) is 0 Å². The summed E-state index contributed by atoms with van der Waals surface area (Å²) >= 11 is 0. The molecule has 1 saturated heterocycles. The van der Waals surface area contributed by atoms with Crippen molar-refractivity contribution in [1.82, 2.24) is 14.8 Å². The topological polar surface area (TPSA) is 127 Å². The van der Waals surface area contributed by atoms with Gasteiger partial charge in [0.25, 0.3) is 17.4 Å². The first kappa shape index (κ1) is 23.2. The Morgan fingerprint density at radius 1 is 1.00 bits per heavy atom. The van der Waals surface area contributed by atoms with Gasteiger partial charge in [0.1, 0.15) is 17.1 Å². The second kappa shape index (κ2) is 8.12. The predicted molar refractivity (Wildman–Crippen MR) is 118 cm³/mol. The lowest BCUT2D eigenvalue weighted by atomic mass is 10.1. The molecule has 2 aliphatic rings. The Bertz CT molecular complexity index is 1250. The number of pyridine rings is 1. The molecule has 0 spiro atoms. The number of aromatic nitrogens is 1. The molecule has 2 aromatic rings. The van der Waals surface area contributed by atoms with Gasteiger partial charge < -0.3 is 20.3 Å². The lowest BCUT2D eigenvalue weighted by Gasteiger charge is -2.37. The molecule has 3 heterocycles. The van der Waals surface area contributed by atoms with Crippen molar-refractivity contribution < 1.29 is 27.9 Å². The van der Waals surface area contributed by atoms with Gasteiger partial charge in [-0.2, -0.15) is 0 Å². The molecule has 1 aromatic heterocycles. The van der Waals surface area contributed by atoms with E-state index in [4.69, 9.17) is 10.5 Å². The SMILES string of the molecule is CC(C)(C)OC(=O)N1CCN(c2c(F)cc(-n3c(N)c4c(cc3=O)C(=O)NC4=O)cc2F)CC1. The van der Waals surface area contributed by atoms with E-state index in [0.717, 1.165) is 22.8 Å². The number of benzene rings is 1. The molecule has 12 heteroatoms. The minimum absolute atomic E-state index is 0.162. The van der Waals surface area contributed by atoms with Gasteiger partial charge in [0.05, 0.1) is 16.8 Å². The maximum atomic E-state index is 15.1. The number of hydrogen-bond acceptors (Lipinski definition) is 7. The molecule has 0 saturated carbocycles. The molecule has 0 radical (unpaired) electrons. The van der Waals surface area contributed by atoms with E-state index in [1.165, 1.54) is 9.80 Å². The van der Waals surface area contributed by atoms with Crippen LogP contribution in [0.25, 0.3) is 5.69 Å². The van der Waals surface area contributed by atoms with Crippen LogP contribution >= 0.6 is 0 Å². The Labute approximate surface area is 192 Å². The first-order chi connectivity index (χ1) is 15.9. The molecule has 0 unspecified atom stereocenters. The van der Waals surface area contributed by atoms with Crippen molar-refractivity contribution in [2.75, 3.05) is 36.8 Å². The molecule has 34 heavy (non-hydrogen) atoms. The first-order valence-corrected chi connectivity index (χ1v) is 10.5. The van der Waals surface area contributed by atoms with Crippen LogP contribution in [0.5, 0.6) is 0 Å². The van der Waals surface area contributed by atoms with E-state index in [1.807, 2.05) is 5.32 Å². The van der Waals surface area contributed by atoms with Crippen molar-refractivity contribution in [1.29, 1.82) is 0 Å². The number of halogens is 2. The summed E-state index contributed by atoms with van der Waals surface area (Å²) in [7, 11) is 0. The summed E-state index contributed by atoms with van der Waals surface area (Å²) in [5.74, 6) is -3.87. The molecule has 3 amide bonds. The molecule has 0 atom stereocenters. The number of amides is 3. The third-order valence-corrected chi connectivity index (χ3v) is 5.46. The zero-order valence-electron chi connectivity index (χ0n) is 18.8. The molecule has 1 fully saturated rings. The van der Waals surface area contributed by atoms with Gasteiger partial charge in [-0.05, 0) is 20.8 Å². The Hall–Kier alpha value is -3.96. The van der Waals surface area contributed by atoms with E-state index >= 15 is 8.78 Å². The highest BCUT2D eigenvalue weighted by molar-refractivity contribution is 6.23. The number of anilines is 2.